The highest BCUT2D eigenvalue weighted by molar-refractivity contribution is 7.89. The number of aliphatic hydroxyl groups is 1. The zero-order chi connectivity index (χ0) is 11.9. The number of unbranched alkanes of at least 4 members (excludes halogenated alkanes) is 1. The Balaban J connectivity index is 4.58. The fourth-order valence-electron chi connectivity index (χ4n) is 1.19. The summed E-state index contributed by atoms with van der Waals surface area (Å²) in [5.41, 5.74) is 5.35. The molecule has 0 spiro atoms. The van der Waals surface area contributed by atoms with Crippen molar-refractivity contribution in [2.45, 2.75) is 31.9 Å². The first-order valence-corrected chi connectivity index (χ1v) is 6.80. The van der Waals surface area contributed by atoms with E-state index in [0.29, 0.717) is 6.54 Å². The van der Waals surface area contributed by atoms with Gasteiger partial charge in [-0.2, -0.15) is 4.31 Å². The summed E-state index contributed by atoms with van der Waals surface area (Å²) < 4.78 is 25.1. The van der Waals surface area contributed by atoms with Crippen LogP contribution in [0.2, 0.25) is 0 Å². The van der Waals surface area contributed by atoms with Crippen LogP contribution in [0.3, 0.4) is 0 Å². The molecule has 0 aliphatic heterocycles. The minimum Gasteiger partial charge on any atom is -0.395 e. The molecule has 0 aliphatic carbocycles. The second-order valence-electron chi connectivity index (χ2n) is 3.57. The molecule has 0 aromatic heterocycles. The van der Waals surface area contributed by atoms with Gasteiger partial charge < -0.3 is 10.8 Å². The molecule has 0 bridgehead atoms. The van der Waals surface area contributed by atoms with Crippen LogP contribution in [0.1, 0.15) is 26.7 Å². The molecular formula is C9H22N2O3S. The van der Waals surface area contributed by atoms with Crippen molar-refractivity contribution >= 4 is 10.0 Å². The number of rotatable bonds is 8. The molecule has 0 amide bonds. The standard InChI is InChI=1S/C9H22N2O3S/c1-3-4-5-11(6-7-12)15(13,14)9(2)8-10/h9,12H,3-8,10H2,1-2H3. The molecular weight excluding hydrogens is 216 g/mol. The highest BCUT2D eigenvalue weighted by atomic mass is 32.2. The van der Waals surface area contributed by atoms with E-state index in [0.717, 1.165) is 12.8 Å². The predicted octanol–water partition coefficient (Wildman–Crippen LogP) is -0.242. The summed E-state index contributed by atoms with van der Waals surface area (Å²) in [5.74, 6) is 0. The molecule has 0 radical (unpaired) electrons. The number of nitrogens with zero attached hydrogens (tertiary/aromatic N) is 1. The number of hydrogen-bond acceptors (Lipinski definition) is 4. The molecule has 3 N–H and O–H groups in total. The van der Waals surface area contributed by atoms with E-state index in [9.17, 15) is 8.42 Å². The Morgan fingerprint density at radius 1 is 1.40 bits per heavy atom. The van der Waals surface area contributed by atoms with Crippen LogP contribution in [0, 0.1) is 0 Å². The smallest absolute Gasteiger partial charge is 0.218 e. The zero-order valence-corrected chi connectivity index (χ0v) is 10.3. The van der Waals surface area contributed by atoms with Crippen LogP contribution in [-0.4, -0.2) is 49.3 Å². The molecule has 0 aromatic rings. The van der Waals surface area contributed by atoms with Gasteiger partial charge in [0.05, 0.1) is 11.9 Å². The molecule has 0 saturated carbocycles. The van der Waals surface area contributed by atoms with E-state index < -0.39 is 15.3 Å². The van der Waals surface area contributed by atoms with Gasteiger partial charge in [0.15, 0.2) is 0 Å². The lowest BCUT2D eigenvalue weighted by Crippen LogP contribution is -2.42. The third-order valence-electron chi connectivity index (χ3n) is 2.31. The van der Waals surface area contributed by atoms with E-state index >= 15 is 0 Å². The van der Waals surface area contributed by atoms with Crippen molar-refractivity contribution in [2.24, 2.45) is 5.73 Å². The van der Waals surface area contributed by atoms with Crippen LogP contribution in [0.4, 0.5) is 0 Å². The molecule has 0 fully saturated rings. The Labute approximate surface area is 92.3 Å². The van der Waals surface area contributed by atoms with Gasteiger partial charge in [0.25, 0.3) is 0 Å². The third kappa shape index (κ3) is 4.46. The first-order chi connectivity index (χ1) is 7.00. The van der Waals surface area contributed by atoms with Gasteiger partial charge in [-0.1, -0.05) is 13.3 Å². The summed E-state index contributed by atoms with van der Waals surface area (Å²) in [6.07, 6.45) is 1.73. The van der Waals surface area contributed by atoms with Crippen molar-refractivity contribution in [3.05, 3.63) is 0 Å². The van der Waals surface area contributed by atoms with Crippen LogP contribution in [0.25, 0.3) is 0 Å². The molecule has 5 nitrogen and oxygen atoms in total. The Hall–Kier alpha value is -0.170. The number of aliphatic hydroxyl groups excluding tert-OH is 1. The van der Waals surface area contributed by atoms with Crippen molar-refractivity contribution < 1.29 is 13.5 Å². The van der Waals surface area contributed by atoms with Crippen LogP contribution in [-0.2, 0) is 10.0 Å². The molecule has 0 saturated heterocycles. The number of sulfonamides is 1. The van der Waals surface area contributed by atoms with Crippen molar-refractivity contribution in [1.82, 2.24) is 4.31 Å². The molecule has 1 unspecified atom stereocenters. The molecule has 6 heteroatoms. The molecule has 15 heavy (non-hydrogen) atoms. The van der Waals surface area contributed by atoms with E-state index in [2.05, 4.69) is 0 Å². The fraction of sp³-hybridized carbons (Fsp3) is 1.00. The molecule has 0 heterocycles. The highest BCUT2D eigenvalue weighted by Crippen LogP contribution is 2.09. The highest BCUT2D eigenvalue weighted by Gasteiger charge is 2.26. The Morgan fingerprint density at radius 3 is 2.40 bits per heavy atom. The van der Waals surface area contributed by atoms with Crippen molar-refractivity contribution in [3.8, 4) is 0 Å². The molecule has 0 aliphatic rings. The van der Waals surface area contributed by atoms with Gasteiger partial charge in [0, 0.05) is 19.6 Å². The number of nitrogens with two attached hydrogens (primary N) is 1. The summed E-state index contributed by atoms with van der Waals surface area (Å²) in [4.78, 5) is 0. The monoisotopic (exact) mass is 238 g/mol. The van der Waals surface area contributed by atoms with E-state index in [1.54, 1.807) is 6.92 Å². The zero-order valence-electron chi connectivity index (χ0n) is 9.52. The Bertz CT molecular complexity index is 254. The summed E-state index contributed by atoms with van der Waals surface area (Å²) in [5, 5.41) is 8.23. The molecule has 1 atom stereocenters. The Kier molecular flexibility index (Phi) is 7.08. The van der Waals surface area contributed by atoms with Crippen LogP contribution in [0.15, 0.2) is 0 Å². The topological polar surface area (TPSA) is 83.6 Å². The first kappa shape index (κ1) is 14.8. The van der Waals surface area contributed by atoms with Crippen molar-refractivity contribution in [1.29, 1.82) is 0 Å². The summed E-state index contributed by atoms with van der Waals surface area (Å²) in [7, 11) is -3.34. The van der Waals surface area contributed by atoms with Crippen molar-refractivity contribution in [2.75, 3.05) is 26.2 Å². The maximum Gasteiger partial charge on any atom is 0.218 e. The van der Waals surface area contributed by atoms with Gasteiger partial charge in [-0.3, -0.25) is 0 Å². The normalized spacial score (nSPS) is 14.5. The van der Waals surface area contributed by atoms with E-state index in [4.69, 9.17) is 10.8 Å². The molecule has 0 aromatic carbocycles. The third-order valence-corrected chi connectivity index (χ3v) is 4.61. The Morgan fingerprint density at radius 2 is 2.00 bits per heavy atom. The largest absolute Gasteiger partial charge is 0.395 e. The van der Waals surface area contributed by atoms with Gasteiger partial charge >= 0.3 is 0 Å². The fourth-order valence-corrected chi connectivity index (χ4v) is 2.66. The average Bonchev–Trinajstić information content (AvgIpc) is 2.22. The second kappa shape index (κ2) is 7.16. The van der Waals surface area contributed by atoms with Gasteiger partial charge in [-0.15, -0.1) is 0 Å². The van der Waals surface area contributed by atoms with Gasteiger partial charge in [0.1, 0.15) is 0 Å². The lowest BCUT2D eigenvalue weighted by atomic mass is 10.3. The maximum absolute atomic E-state index is 11.9. The van der Waals surface area contributed by atoms with Crippen LogP contribution >= 0.6 is 0 Å². The minimum absolute atomic E-state index is 0.108. The lowest BCUT2D eigenvalue weighted by Gasteiger charge is -2.24. The van der Waals surface area contributed by atoms with E-state index in [1.165, 1.54) is 4.31 Å². The minimum atomic E-state index is -3.34. The first-order valence-electron chi connectivity index (χ1n) is 5.30. The second-order valence-corrected chi connectivity index (χ2v) is 5.92. The van der Waals surface area contributed by atoms with Gasteiger partial charge in [0.2, 0.25) is 10.0 Å². The quantitative estimate of drug-likeness (QED) is 0.611. The predicted molar refractivity (Wildman–Crippen MR) is 61.0 cm³/mol. The van der Waals surface area contributed by atoms with Crippen LogP contribution < -0.4 is 5.73 Å². The van der Waals surface area contributed by atoms with Gasteiger partial charge in [-0.05, 0) is 13.3 Å². The summed E-state index contributed by atoms with van der Waals surface area (Å²) >= 11 is 0. The van der Waals surface area contributed by atoms with Crippen LogP contribution in [0.5, 0.6) is 0 Å². The molecule has 0 rings (SSSR count). The lowest BCUT2D eigenvalue weighted by molar-refractivity contribution is 0.251. The average molecular weight is 238 g/mol. The SMILES string of the molecule is CCCCN(CCO)S(=O)(=O)C(C)CN. The van der Waals surface area contributed by atoms with Crippen molar-refractivity contribution in [3.63, 3.8) is 0 Å². The summed E-state index contributed by atoms with van der Waals surface area (Å²) in [6, 6.07) is 0. The summed E-state index contributed by atoms with van der Waals surface area (Å²) in [6.45, 7) is 4.16. The van der Waals surface area contributed by atoms with Gasteiger partial charge in [-0.25, -0.2) is 8.42 Å². The molecule has 92 valence electrons. The van der Waals surface area contributed by atoms with E-state index in [-0.39, 0.29) is 19.7 Å². The maximum atomic E-state index is 11.9. The van der Waals surface area contributed by atoms with E-state index in [1.807, 2.05) is 6.92 Å². The number of hydrogen-bond donors (Lipinski definition) is 2.